The van der Waals surface area contributed by atoms with Gasteiger partial charge in [-0.15, -0.1) is 0 Å². The normalized spacial score (nSPS) is 10.6. The molecular weight excluding hydrogens is 306 g/mol. The summed E-state index contributed by atoms with van der Waals surface area (Å²) in [5.74, 6) is 0.771. The predicted octanol–water partition coefficient (Wildman–Crippen LogP) is 3.46. The Morgan fingerprint density at radius 2 is 2.05 bits per heavy atom. The Bertz CT molecular complexity index is 746. The van der Waals surface area contributed by atoms with Gasteiger partial charge in [0.2, 0.25) is 0 Å². The maximum absolute atomic E-state index is 5.25. The molecule has 1 aromatic carbocycles. The van der Waals surface area contributed by atoms with Gasteiger partial charge in [0.05, 0.1) is 19.0 Å². The first-order valence-electron chi connectivity index (χ1n) is 5.69. The Morgan fingerprint density at radius 1 is 1.16 bits per heavy atom. The van der Waals surface area contributed by atoms with Crippen molar-refractivity contribution in [3.05, 3.63) is 47.2 Å². The molecule has 0 radical (unpaired) electrons. The fraction of sp³-hybridized carbons (Fsp3) is 0.0714. The van der Waals surface area contributed by atoms with Crippen molar-refractivity contribution < 1.29 is 4.74 Å². The van der Waals surface area contributed by atoms with E-state index >= 15 is 0 Å². The van der Waals surface area contributed by atoms with Gasteiger partial charge < -0.3 is 4.74 Å². The van der Waals surface area contributed by atoms with Crippen molar-refractivity contribution >= 4 is 27.1 Å². The monoisotopic (exact) mass is 315 g/mol. The molecule has 0 N–H and O–H groups in total. The second-order valence-corrected chi connectivity index (χ2v) is 4.90. The molecule has 4 nitrogen and oxygen atoms in total. The van der Waals surface area contributed by atoms with Crippen LogP contribution in [0.2, 0.25) is 0 Å². The fourth-order valence-electron chi connectivity index (χ4n) is 1.82. The second-order valence-electron chi connectivity index (χ2n) is 3.98. The highest BCUT2D eigenvalue weighted by atomic mass is 79.9. The molecule has 0 saturated heterocycles. The lowest BCUT2D eigenvalue weighted by molar-refractivity contribution is 0.414. The topological polar surface area (TPSA) is 47.9 Å². The third-order valence-electron chi connectivity index (χ3n) is 2.72. The van der Waals surface area contributed by atoms with Gasteiger partial charge in [-0.1, -0.05) is 15.9 Å². The number of pyridine rings is 1. The van der Waals surface area contributed by atoms with Crippen LogP contribution in [0.4, 0.5) is 0 Å². The van der Waals surface area contributed by atoms with Crippen LogP contribution < -0.4 is 4.74 Å². The third-order valence-corrected chi connectivity index (χ3v) is 3.18. The van der Waals surface area contributed by atoms with Crippen LogP contribution in [-0.4, -0.2) is 22.1 Å². The van der Waals surface area contributed by atoms with E-state index in [1.807, 2.05) is 30.3 Å². The maximum Gasteiger partial charge on any atom is 0.178 e. The molecule has 2 aromatic heterocycles. The van der Waals surface area contributed by atoms with Crippen molar-refractivity contribution in [2.24, 2.45) is 0 Å². The Hall–Kier alpha value is -2.01. The van der Waals surface area contributed by atoms with Gasteiger partial charge in [0.1, 0.15) is 11.3 Å². The number of rotatable bonds is 2. The minimum absolute atomic E-state index is 0.638. The highest BCUT2D eigenvalue weighted by Crippen LogP contribution is 2.27. The minimum Gasteiger partial charge on any atom is -0.497 e. The van der Waals surface area contributed by atoms with Gasteiger partial charge >= 0.3 is 0 Å². The fourth-order valence-corrected chi connectivity index (χ4v) is 2.29. The zero-order valence-electron chi connectivity index (χ0n) is 10.2. The molecule has 0 unspecified atom stereocenters. The first-order valence-corrected chi connectivity index (χ1v) is 6.48. The van der Waals surface area contributed by atoms with Crippen molar-refractivity contribution in [2.45, 2.75) is 0 Å². The lowest BCUT2D eigenvalue weighted by Crippen LogP contribution is -1.91. The van der Waals surface area contributed by atoms with Gasteiger partial charge in [-0.05, 0) is 30.3 Å². The molecule has 0 saturated carbocycles. The molecule has 2 heterocycles. The first kappa shape index (κ1) is 12.0. The summed E-state index contributed by atoms with van der Waals surface area (Å²) < 4.78 is 6.19. The minimum atomic E-state index is 0.638. The molecule has 0 aliphatic rings. The Morgan fingerprint density at radius 3 is 2.89 bits per heavy atom. The highest BCUT2D eigenvalue weighted by molar-refractivity contribution is 9.10. The maximum atomic E-state index is 5.25. The van der Waals surface area contributed by atoms with E-state index in [4.69, 9.17) is 4.74 Å². The predicted molar refractivity (Wildman–Crippen MR) is 77.0 cm³/mol. The summed E-state index contributed by atoms with van der Waals surface area (Å²) in [6.07, 6.45) is 3.45. The van der Waals surface area contributed by atoms with E-state index in [2.05, 4.69) is 30.9 Å². The van der Waals surface area contributed by atoms with E-state index in [1.54, 1.807) is 19.5 Å². The van der Waals surface area contributed by atoms with Crippen LogP contribution in [0, 0.1) is 0 Å². The Kier molecular flexibility index (Phi) is 3.13. The molecule has 0 spiro atoms. The SMILES string of the molecule is COc1cc(Br)cc(-c2cnc3cccnc3n2)c1. The standard InChI is InChI=1S/C14H10BrN3O/c1-19-11-6-9(5-10(15)7-11)13-8-17-12-3-2-4-16-14(12)18-13/h2-8H,1H3. The van der Waals surface area contributed by atoms with Crippen molar-refractivity contribution in [3.8, 4) is 17.0 Å². The Balaban J connectivity index is 2.15. The largest absolute Gasteiger partial charge is 0.497 e. The van der Waals surface area contributed by atoms with Gasteiger partial charge in [-0.3, -0.25) is 4.98 Å². The van der Waals surface area contributed by atoms with Crippen LogP contribution in [0.5, 0.6) is 5.75 Å². The van der Waals surface area contributed by atoms with E-state index in [0.717, 1.165) is 27.0 Å². The summed E-state index contributed by atoms with van der Waals surface area (Å²) in [7, 11) is 1.64. The molecule has 5 heteroatoms. The van der Waals surface area contributed by atoms with Gasteiger partial charge in [-0.25, -0.2) is 9.97 Å². The quantitative estimate of drug-likeness (QED) is 0.726. The second kappa shape index (κ2) is 4.93. The van der Waals surface area contributed by atoms with E-state index in [0.29, 0.717) is 5.65 Å². The third kappa shape index (κ3) is 2.42. The molecule has 0 aliphatic heterocycles. The molecule has 0 amide bonds. The summed E-state index contributed by atoms with van der Waals surface area (Å²) in [4.78, 5) is 13.1. The summed E-state index contributed by atoms with van der Waals surface area (Å²) in [6.45, 7) is 0. The summed E-state index contributed by atoms with van der Waals surface area (Å²) in [5, 5.41) is 0. The van der Waals surface area contributed by atoms with Crippen LogP contribution in [0.1, 0.15) is 0 Å². The van der Waals surface area contributed by atoms with Crippen molar-refractivity contribution in [1.82, 2.24) is 15.0 Å². The number of hydrogen-bond donors (Lipinski definition) is 0. The average Bonchev–Trinajstić information content (AvgIpc) is 2.46. The average molecular weight is 316 g/mol. The number of ether oxygens (including phenoxy) is 1. The molecule has 19 heavy (non-hydrogen) atoms. The smallest absolute Gasteiger partial charge is 0.178 e. The van der Waals surface area contributed by atoms with E-state index in [9.17, 15) is 0 Å². The summed E-state index contributed by atoms with van der Waals surface area (Å²) >= 11 is 3.46. The van der Waals surface area contributed by atoms with E-state index in [1.165, 1.54) is 0 Å². The number of halogens is 1. The molecule has 0 bridgehead atoms. The first-order chi connectivity index (χ1) is 9.26. The van der Waals surface area contributed by atoms with E-state index < -0.39 is 0 Å². The molecule has 0 aliphatic carbocycles. The van der Waals surface area contributed by atoms with Crippen LogP contribution in [0.25, 0.3) is 22.4 Å². The number of aromatic nitrogens is 3. The number of hydrogen-bond acceptors (Lipinski definition) is 4. The lowest BCUT2D eigenvalue weighted by Gasteiger charge is -2.06. The Labute approximate surface area is 118 Å². The molecule has 3 rings (SSSR count). The van der Waals surface area contributed by atoms with Crippen LogP contribution in [-0.2, 0) is 0 Å². The van der Waals surface area contributed by atoms with Crippen LogP contribution in [0.15, 0.2) is 47.2 Å². The summed E-state index contributed by atoms with van der Waals surface area (Å²) in [6, 6.07) is 9.53. The van der Waals surface area contributed by atoms with Crippen molar-refractivity contribution in [1.29, 1.82) is 0 Å². The molecular formula is C14H10BrN3O. The summed E-state index contributed by atoms with van der Waals surface area (Å²) in [5.41, 5.74) is 3.13. The molecule has 3 aromatic rings. The van der Waals surface area contributed by atoms with Gasteiger partial charge in [0, 0.05) is 16.2 Å². The number of nitrogens with zero attached hydrogens (tertiary/aromatic N) is 3. The number of fused-ring (bicyclic) bond motifs is 1. The van der Waals surface area contributed by atoms with Crippen LogP contribution in [0.3, 0.4) is 0 Å². The van der Waals surface area contributed by atoms with Crippen LogP contribution >= 0.6 is 15.9 Å². The lowest BCUT2D eigenvalue weighted by atomic mass is 10.1. The molecule has 0 atom stereocenters. The highest BCUT2D eigenvalue weighted by Gasteiger charge is 2.06. The number of benzene rings is 1. The van der Waals surface area contributed by atoms with Crippen molar-refractivity contribution in [2.75, 3.05) is 7.11 Å². The zero-order chi connectivity index (χ0) is 13.2. The van der Waals surface area contributed by atoms with E-state index in [-0.39, 0.29) is 0 Å². The van der Waals surface area contributed by atoms with Gasteiger partial charge in [0.25, 0.3) is 0 Å². The molecule has 94 valence electrons. The zero-order valence-corrected chi connectivity index (χ0v) is 11.8. The molecule has 0 fully saturated rings. The number of methoxy groups -OCH3 is 1. The van der Waals surface area contributed by atoms with Crippen molar-refractivity contribution in [3.63, 3.8) is 0 Å². The van der Waals surface area contributed by atoms with Gasteiger partial charge in [0.15, 0.2) is 5.65 Å². The van der Waals surface area contributed by atoms with Gasteiger partial charge in [-0.2, -0.15) is 0 Å².